The summed E-state index contributed by atoms with van der Waals surface area (Å²) < 4.78 is 12.5. The summed E-state index contributed by atoms with van der Waals surface area (Å²) in [4.78, 5) is 4.70. The zero-order valence-electron chi connectivity index (χ0n) is 15.3. The van der Waals surface area contributed by atoms with Crippen molar-refractivity contribution in [3.05, 3.63) is 52.9 Å². The van der Waals surface area contributed by atoms with Gasteiger partial charge in [0, 0.05) is 10.9 Å². The minimum atomic E-state index is 0.249. The van der Waals surface area contributed by atoms with E-state index < -0.39 is 0 Å². The summed E-state index contributed by atoms with van der Waals surface area (Å²) in [5.41, 5.74) is 12.0. The van der Waals surface area contributed by atoms with Crippen molar-refractivity contribution in [3.63, 3.8) is 0 Å². The van der Waals surface area contributed by atoms with Crippen LogP contribution in [0.3, 0.4) is 0 Å². The first kappa shape index (κ1) is 16.8. The van der Waals surface area contributed by atoms with Crippen LogP contribution >= 0.6 is 11.3 Å². The molecule has 0 saturated carbocycles. The standard InChI is InChI=1S/C20H17N5O2S/c1-11-3-5-14(7-12(11)2)25-19(21)18(23-24-25)20-22-15(9-28-20)13-4-6-16-17(8-13)27-10-26-16/h3-9H,10,21H2,1-2H3. The van der Waals surface area contributed by atoms with Gasteiger partial charge in [-0.2, -0.15) is 4.68 Å². The number of hydrogen-bond donors (Lipinski definition) is 1. The van der Waals surface area contributed by atoms with Gasteiger partial charge in [0.1, 0.15) is 5.01 Å². The number of aryl methyl sites for hydroxylation is 2. The number of thiazole rings is 1. The Bertz CT molecular complexity index is 1200. The number of anilines is 1. The van der Waals surface area contributed by atoms with Crippen molar-refractivity contribution in [1.29, 1.82) is 0 Å². The average molecular weight is 391 g/mol. The molecular formula is C20H17N5O2S. The lowest BCUT2D eigenvalue weighted by Gasteiger charge is -2.06. The van der Waals surface area contributed by atoms with E-state index in [9.17, 15) is 0 Å². The van der Waals surface area contributed by atoms with E-state index in [-0.39, 0.29) is 6.79 Å². The number of hydrogen-bond acceptors (Lipinski definition) is 7. The molecule has 0 spiro atoms. The van der Waals surface area contributed by atoms with Crippen LogP contribution in [0.2, 0.25) is 0 Å². The molecule has 28 heavy (non-hydrogen) atoms. The van der Waals surface area contributed by atoms with Crippen LogP contribution in [0.15, 0.2) is 41.8 Å². The lowest BCUT2D eigenvalue weighted by atomic mass is 10.1. The van der Waals surface area contributed by atoms with Crippen molar-refractivity contribution in [2.24, 2.45) is 0 Å². The van der Waals surface area contributed by atoms with Crippen molar-refractivity contribution < 1.29 is 9.47 Å². The van der Waals surface area contributed by atoms with Gasteiger partial charge in [-0.25, -0.2) is 4.98 Å². The fourth-order valence-electron chi connectivity index (χ4n) is 3.06. The zero-order valence-corrected chi connectivity index (χ0v) is 16.2. The molecule has 140 valence electrons. The third kappa shape index (κ3) is 2.69. The number of aromatic nitrogens is 4. The maximum absolute atomic E-state index is 6.35. The van der Waals surface area contributed by atoms with Crippen molar-refractivity contribution >= 4 is 17.2 Å². The Labute approximate surface area is 165 Å². The van der Waals surface area contributed by atoms with Crippen molar-refractivity contribution in [2.75, 3.05) is 12.5 Å². The summed E-state index contributed by atoms with van der Waals surface area (Å²) in [5.74, 6) is 1.95. The van der Waals surface area contributed by atoms with Crippen LogP contribution in [0.4, 0.5) is 5.82 Å². The summed E-state index contributed by atoms with van der Waals surface area (Å²) in [6.45, 7) is 4.38. The molecule has 0 amide bonds. The van der Waals surface area contributed by atoms with Gasteiger partial charge in [0.25, 0.3) is 0 Å². The topological polar surface area (TPSA) is 88.1 Å². The Morgan fingerprint density at radius 2 is 1.89 bits per heavy atom. The fraction of sp³-hybridized carbons (Fsp3) is 0.150. The first-order chi connectivity index (χ1) is 13.6. The number of benzene rings is 2. The van der Waals surface area contributed by atoms with Gasteiger partial charge in [-0.05, 0) is 55.3 Å². The number of ether oxygens (including phenoxy) is 2. The highest BCUT2D eigenvalue weighted by Gasteiger charge is 2.19. The fourth-order valence-corrected chi connectivity index (χ4v) is 3.88. The molecule has 0 radical (unpaired) electrons. The average Bonchev–Trinajstić information content (AvgIpc) is 3.42. The quantitative estimate of drug-likeness (QED) is 0.568. The third-order valence-electron chi connectivity index (χ3n) is 4.82. The smallest absolute Gasteiger partial charge is 0.231 e. The summed E-state index contributed by atoms with van der Waals surface area (Å²) in [7, 11) is 0. The van der Waals surface area contributed by atoms with Crippen LogP contribution in [0.5, 0.6) is 11.5 Å². The minimum Gasteiger partial charge on any atom is -0.454 e. The van der Waals surface area contributed by atoms with Crippen molar-refractivity contribution in [1.82, 2.24) is 20.0 Å². The molecule has 1 aliphatic rings. The van der Waals surface area contributed by atoms with Crippen LogP contribution in [0.1, 0.15) is 11.1 Å². The van der Waals surface area contributed by atoms with Gasteiger partial charge in [0.2, 0.25) is 6.79 Å². The second-order valence-electron chi connectivity index (χ2n) is 6.61. The molecule has 1 aliphatic heterocycles. The van der Waals surface area contributed by atoms with Gasteiger partial charge in [0.05, 0.1) is 11.4 Å². The number of nitrogens with two attached hydrogens (primary N) is 1. The highest BCUT2D eigenvalue weighted by molar-refractivity contribution is 7.13. The first-order valence-corrected chi connectivity index (χ1v) is 9.63. The van der Waals surface area contributed by atoms with Crippen LogP contribution in [-0.4, -0.2) is 26.8 Å². The molecule has 0 saturated heterocycles. The Hall–Kier alpha value is -3.39. The van der Waals surface area contributed by atoms with Gasteiger partial charge in [-0.1, -0.05) is 11.3 Å². The molecular weight excluding hydrogens is 374 g/mol. The van der Waals surface area contributed by atoms with E-state index >= 15 is 0 Å². The molecule has 0 unspecified atom stereocenters. The summed E-state index contributed by atoms with van der Waals surface area (Å²) in [6, 6.07) is 11.9. The molecule has 2 aromatic carbocycles. The van der Waals surface area contributed by atoms with Crippen molar-refractivity contribution in [2.45, 2.75) is 13.8 Å². The maximum Gasteiger partial charge on any atom is 0.231 e. The maximum atomic E-state index is 6.35. The first-order valence-electron chi connectivity index (χ1n) is 8.75. The van der Waals surface area contributed by atoms with E-state index in [1.807, 2.05) is 41.8 Å². The van der Waals surface area contributed by atoms with E-state index in [4.69, 9.17) is 20.2 Å². The summed E-state index contributed by atoms with van der Waals surface area (Å²) in [5, 5.41) is 11.2. The van der Waals surface area contributed by atoms with E-state index in [0.717, 1.165) is 33.5 Å². The largest absolute Gasteiger partial charge is 0.454 e. The third-order valence-corrected chi connectivity index (χ3v) is 5.66. The Balaban J connectivity index is 1.49. The van der Waals surface area contributed by atoms with Gasteiger partial charge in [0.15, 0.2) is 23.0 Å². The van der Waals surface area contributed by atoms with E-state index in [1.165, 1.54) is 22.5 Å². The van der Waals surface area contributed by atoms with Crippen LogP contribution in [-0.2, 0) is 0 Å². The van der Waals surface area contributed by atoms with Crippen LogP contribution < -0.4 is 15.2 Å². The number of rotatable bonds is 3. The molecule has 0 bridgehead atoms. The molecule has 3 heterocycles. The molecule has 0 atom stereocenters. The van der Waals surface area contributed by atoms with Crippen molar-refractivity contribution in [3.8, 4) is 39.1 Å². The molecule has 2 N–H and O–H groups in total. The summed E-state index contributed by atoms with van der Waals surface area (Å²) in [6.07, 6.45) is 0. The molecule has 7 nitrogen and oxygen atoms in total. The number of nitrogen functional groups attached to an aromatic ring is 1. The highest BCUT2D eigenvalue weighted by atomic mass is 32.1. The highest BCUT2D eigenvalue weighted by Crippen LogP contribution is 2.37. The monoisotopic (exact) mass is 391 g/mol. The summed E-state index contributed by atoms with van der Waals surface area (Å²) >= 11 is 1.48. The molecule has 2 aromatic heterocycles. The zero-order chi connectivity index (χ0) is 19.3. The Morgan fingerprint density at radius 3 is 2.75 bits per heavy atom. The molecule has 0 fully saturated rings. The van der Waals surface area contributed by atoms with Crippen LogP contribution in [0, 0.1) is 13.8 Å². The minimum absolute atomic E-state index is 0.249. The van der Waals surface area contributed by atoms with Gasteiger partial charge < -0.3 is 15.2 Å². The van der Waals surface area contributed by atoms with Crippen LogP contribution in [0.25, 0.3) is 27.6 Å². The van der Waals surface area contributed by atoms with Gasteiger partial charge in [-0.15, -0.1) is 16.4 Å². The van der Waals surface area contributed by atoms with Gasteiger partial charge >= 0.3 is 0 Å². The molecule has 5 rings (SSSR count). The van der Waals surface area contributed by atoms with E-state index in [2.05, 4.69) is 24.2 Å². The predicted molar refractivity (Wildman–Crippen MR) is 108 cm³/mol. The molecule has 8 heteroatoms. The van der Waals surface area contributed by atoms with E-state index in [1.54, 1.807) is 4.68 Å². The Morgan fingerprint density at radius 1 is 1.04 bits per heavy atom. The second-order valence-corrected chi connectivity index (χ2v) is 7.47. The lowest BCUT2D eigenvalue weighted by molar-refractivity contribution is 0.174. The lowest BCUT2D eigenvalue weighted by Crippen LogP contribution is -2.03. The van der Waals surface area contributed by atoms with E-state index in [0.29, 0.717) is 11.5 Å². The predicted octanol–water partition coefficient (Wildman–Crippen LogP) is 3.99. The Kier molecular flexibility index (Phi) is 3.80. The SMILES string of the molecule is Cc1ccc(-n2nnc(-c3nc(-c4ccc5c(c4)OCO5)cs3)c2N)cc1C. The molecule has 4 aromatic rings. The normalized spacial score (nSPS) is 12.5. The number of nitrogens with zero attached hydrogens (tertiary/aromatic N) is 4. The number of fused-ring (bicyclic) bond motifs is 1. The van der Waals surface area contributed by atoms with Gasteiger partial charge in [-0.3, -0.25) is 0 Å². The molecule has 0 aliphatic carbocycles. The second kappa shape index (κ2) is 6.35.